The number of hydrogen-bond donors (Lipinski definition) is 2. The maximum Gasteiger partial charge on any atom is 0.306 e. The normalized spacial score (nSPS) is 11.8. The van der Waals surface area contributed by atoms with Gasteiger partial charge in [-0.1, -0.05) is 6.92 Å². The molecule has 0 aliphatic rings. The smallest absolute Gasteiger partial charge is 0.306 e. The van der Waals surface area contributed by atoms with Gasteiger partial charge < -0.3 is 5.11 Å². The first kappa shape index (κ1) is 11.9. The van der Waals surface area contributed by atoms with Gasteiger partial charge in [0.1, 0.15) is 0 Å². The molecule has 0 saturated heterocycles. The fraction of sp³-hybridized carbons (Fsp3) is 0.571. The molecule has 2 N–H and O–H groups in total. The number of nitrogens with one attached hydrogen (secondary N) is 1. The summed E-state index contributed by atoms with van der Waals surface area (Å²) in [6.07, 6.45) is 2.86. The number of H-pyrrole nitrogens is 1. The van der Waals surface area contributed by atoms with Gasteiger partial charge in [-0.15, -0.1) is 12.4 Å². The summed E-state index contributed by atoms with van der Waals surface area (Å²) in [6.45, 7) is 1.68. The van der Waals surface area contributed by atoms with Crippen LogP contribution in [0.2, 0.25) is 0 Å². The summed E-state index contributed by atoms with van der Waals surface area (Å²) in [5.74, 6) is -1.08. The molecule has 13 heavy (non-hydrogen) atoms. The van der Waals surface area contributed by atoms with Crippen molar-refractivity contribution in [3.8, 4) is 0 Å². The first-order chi connectivity index (χ1) is 5.70. The van der Waals surface area contributed by atoms with Gasteiger partial charge in [-0.25, -0.2) is 0 Å². The van der Waals surface area contributed by atoms with Gasteiger partial charge in [0.15, 0.2) is 0 Å². The van der Waals surface area contributed by atoms with Crippen LogP contribution in [0, 0.1) is 5.92 Å². The Morgan fingerprint density at radius 3 is 2.92 bits per heavy atom. The lowest BCUT2D eigenvalue weighted by atomic mass is 10.1. The largest absolute Gasteiger partial charge is 0.481 e. The van der Waals surface area contributed by atoms with Crippen LogP contribution in [0.1, 0.15) is 19.0 Å². The zero-order chi connectivity index (χ0) is 8.97. The van der Waals surface area contributed by atoms with Crippen LogP contribution in [-0.4, -0.2) is 26.5 Å². The Bertz CT molecular complexity index is 250. The Labute approximate surface area is 82.0 Å². The average Bonchev–Trinajstić information content (AvgIpc) is 2.51. The zero-order valence-electron chi connectivity index (χ0n) is 7.23. The van der Waals surface area contributed by atoms with Gasteiger partial charge in [0.25, 0.3) is 0 Å². The topological polar surface area (TPSA) is 78.9 Å². The van der Waals surface area contributed by atoms with Crippen LogP contribution >= 0.6 is 12.4 Å². The van der Waals surface area contributed by atoms with Crippen LogP contribution in [0.4, 0.5) is 0 Å². The maximum absolute atomic E-state index is 10.4. The number of nitrogens with zero attached hydrogens (tertiary/aromatic N) is 2. The first-order valence-electron chi connectivity index (χ1n) is 3.77. The van der Waals surface area contributed by atoms with Gasteiger partial charge in [0, 0.05) is 0 Å². The van der Waals surface area contributed by atoms with Crippen molar-refractivity contribution in [2.24, 2.45) is 5.92 Å². The molecule has 0 spiro atoms. The Morgan fingerprint density at radius 1 is 1.77 bits per heavy atom. The van der Waals surface area contributed by atoms with Crippen molar-refractivity contribution in [3.05, 3.63) is 11.9 Å². The van der Waals surface area contributed by atoms with E-state index in [1.165, 1.54) is 0 Å². The summed E-state index contributed by atoms with van der Waals surface area (Å²) in [5.41, 5.74) is 0.808. The second-order valence-electron chi connectivity index (χ2n) is 2.74. The third-order valence-corrected chi connectivity index (χ3v) is 1.72. The summed E-state index contributed by atoms with van der Waals surface area (Å²) in [6, 6.07) is 0. The molecule has 1 atom stereocenters. The molecule has 0 bridgehead atoms. The van der Waals surface area contributed by atoms with E-state index in [0.717, 1.165) is 5.69 Å². The van der Waals surface area contributed by atoms with E-state index in [1.807, 2.05) is 0 Å². The van der Waals surface area contributed by atoms with Crippen molar-refractivity contribution < 1.29 is 9.90 Å². The maximum atomic E-state index is 10.4. The lowest BCUT2D eigenvalue weighted by Crippen LogP contribution is -2.10. The fourth-order valence-corrected chi connectivity index (χ4v) is 0.834. The van der Waals surface area contributed by atoms with Crippen molar-refractivity contribution in [1.82, 2.24) is 15.4 Å². The molecule has 0 fully saturated rings. The number of halogens is 1. The van der Waals surface area contributed by atoms with Gasteiger partial charge in [-0.2, -0.15) is 15.4 Å². The van der Waals surface area contributed by atoms with E-state index < -0.39 is 5.97 Å². The second-order valence-corrected chi connectivity index (χ2v) is 2.74. The van der Waals surface area contributed by atoms with E-state index in [-0.39, 0.29) is 18.3 Å². The Kier molecular flexibility index (Phi) is 5.06. The minimum atomic E-state index is -0.765. The van der Waals surface area contributed by atoms with Gasteiger partial charge in [0.2, 0.25) is 0 Å². The Balaban J connectivity index is 0.00000144. The summed E-state index contributed by atoms with van der Waals surface area (Å²) < 4.78 is 0. The molecule has 74 valence electrons. The fourth-order valence-electron chi connectivity index (χ4n) is 0.834. The summed E-state index contributed by atoms with van der Waals surface area (Å²) >= 11 is 0. The minimum absolute atomic E-state index is 0. The predicted molar refractivity (Wildman–Crippen MR) is 48.8 cm³/mol. The highest BCUT2D eigenvalue weighted by Gasteiger charge is 2.10. The standard InChI is InChI=1S/C7H11N3O2.ClH/c1-5(7(11)12)2-3-6-4-8-10-9-6;/h4-5H,2-3H2,1H3,(H,11,12)(H,8,9,10);1H. The average molecular weight is 206 g/mol. The quantitative estimate of drug-likeness (QED) is 0.765. The summed E-state index contributed by atoms with van der Waals surface area (Å²) in [5, 5.41) is 18.5. The molecule has 1 unspecified atom stereocenters. The highest BCUT2D eigenvalue weighted by Crippen LogP contribution is 2.06. The molecule has 0 saturated carbocycles. The molecule has 1 heterocycles. The van der Waals surface area contributed by atoms with E-state index in [4.69, 9.17) is 5.11 Å². The second kappa shape index (κ2) is 5.53. The van der Waals surface area contributed by atoms with Crippen LogP contribution in [0.5, 0.6) is 0 Å². The number of carboxylic acids is 1. The SMILES string of the molecule is CC(CCc1cn[nH]n1)C(=O)O.Cl. The van der Waals surface area contributed by atoms with Crippen molar-refractivity contribution in [1.29, 1.82) is 0 Å². The number of aliphatic carboxylic acids is 1. The first-order valence-corrected chi connectivity index (χ1v) is 3.77. The van der Waals surface area contributed by atoms with E-state index in [2.05, 4.69) is 15.4 Å². The molecular weight excluding hydrogens is 194 g/mol. The third-order valence-electron chi connectivity index (χ3n) is 1.72. The number of hydrogen-bond acceptors (Lipinski definition) is 3. The molecule has 1 aromatic rings. The van der Waals surface area contributed by atoms with Gasteiger partial charge in [-0.3, -0.25) is 4.79 Å². The molecule has 0 aliphatic heterocycles. The molecule has 1 aromatic heterocycles. The molecule has 0 aromatic carbocycles. The monoisotopic (exact) mass is 205 g/mol. The van der Waals surface area contributed by atoms with Gasteiger partial charge >= 0.3 is 5.97 Å². The van der Waals surface area contributed by atoms with E-state index in [1.54, 1.807) is 13.1 Å². The molecule has 0 amide bonds. The molecule has 5 nitrogen and oxygen atoms in total. The van der Waals surface area contributed by atoms with Crippen molar-refractivity contribution in [2.45, 2.75) is 19.8 Å². The molecular formula is C7H12ClN3O2. The molecule has 0 aliphatic carbocycles. The minimum Gasteiger partial charge on any atom is -0.481 e. The molecule has 0 radical (unpaired) electrons. The van der Waals surface area contributed by atoms with Crippen LogP contribution in [-0.2, 0) is 11.2 Å². The van der Waals surface area contributed by atoms with Crippen LogP contribution in [0.25, 0.3) is 0 Å². The highest BCUT2D eigenvalue weighted by atomic mass is 35.5. The van der Waals surface area contributed by atoms with Crippen LogP contribution in [0.3, 0.4) is 0 Å². The van der Waals surface area contributed by atoms with E-state index in [9.17, 15) is 4.79 Å². The van der Waals surface area contributed by atoms with Crippen LogP contribution in [0.15, 0.2) is 6.20 Å². The Hall–Kier alpha value is -1.10. The van der Waals surface area contributed by atoms with Gasteiger partial charge in [-0.05, 0) is 12.8 Å². The van der Waals surface area contributed by atoms with Crippen molar-refractivity contribution >= 4 is 18.4 Å². The van der Waals surface area contributed by atoms with Crippen molar-refractivity contribution in [3.63, 3.8) is 0 Å². The predicted octanol–water partition coefficient (Wildman–Crippen LogP) is 0.880. The zero-order valence-corrected chi connectivity index (χ0v) is 8.04. The highest BCUT2D eigenvalue weighted by molar-refractivity contribution is 5.85. The lowest BCUT2D eigenvalue weighted by Gasteiger charge is -2.02. The van der Waals surface area contributed by atoms with Crippen molar-refractivity contribution in [2.75, 3.05) is 0 Å². The number of aryl methyl sites for hydroxylation is 1. The number of carboxylic acid groups (broad SMARTS) is 1. The summed E-state index contributed by atoms with van der Waals surface area (Å²) in [4.78, 5) is 10.4. The third kappa shape index (κ3) is 3.89. The van der Waals surface area contributed by atoms with E-state index in [0.29, 0.717) is 12.8 Å². The lowest BCUT2D eigenvalue weighted by molar-refractivity contribution is -0.141. The van der Waals surface area contributed by atoms with Gasteiger partial charge in [0.05, 0.1) is 17.8 Å². The molecule has 6 heteroatoms. The summed E-state index contributed by atoms with van der Waals surface area (Å²) in [7, 11) is 0. The number of aromatic amines is 1. The Morgan fingerprint density at radius 2 is 2.46 bits per heavy atom. The van der Waals surface area contributed by atoms with E-state index >= 15 is 0 Å². The number of carbonyl (C=O) groups is 1. The van der Waals surface area contributed by atoms with Crippen LogP contribution < -0.4 is 0 Å². The number of rotatable bonds is 4. The number of aromatic nitrogens is 3. The molecule has 1 rings (SSSR count).